The van der Waals surface area contributed by atoms with Gasteiger partial charge in [-0.1, -0.05) is 35.9 Å². The van der Waals surface area contributed by atoms with Crippen LogP contribution in [0.15, 0.2) is 53.4 Å². The van der Waals surface area contributed by atoms with Crippen LogP contribution in [-0.2, 0) is 4.79 Å². The highest BCUT2D eigenvalue weighted by Crippen LogP contribution is 2.31. The lowest BCUT2D eigenvalue weighted by atomic mass is 10.2. The SMILES string of the molecule is CN(CC1COc2ccccc2O1)C(=O)CSc1ccccc1Cl. The second-order valence-corrected chi connectivity index (χ2v) is 6.92. The van der Waals surface area contributed by atoms with Gasteiger partial charge in [-0.3, -0.25) is 4.79 Å². The van der Waals surface area contributed by atoms with Crippen LogP contribution in [0.4, 0.5) is 0 Å². The van der Waals surface area contributed by atoms with E-state index in [1.165, 1.54) is 11.8 Å². The molecule has 1 aliphatic heterocycles. The molecule has 2 aromatic carbocycles. The number of fused-ring (bicyclic) bond motifs is 1. The molecule has 0 aliphatic carbocycles. The molecule has 1 heterocycles. The van der Waals surface area contributed by atoms with Crippen LogP contribution in [-0.4, -0.2) is 42.9 Å². The van der Waals surface area contributed by atoms with Crippen LogP contribution in [0, 0.1) is 0 Å². The van der Waals surface area contributed by atoms with Crippen LogP contribution < -0.4 is 9.47 Å². The van der Waals surface area contributed by atoms with Crippen LogP contribution in [0.25, 0.3) is 0 Å². The van der Waals surface area contributed by atoms with E-state index in [9.17, 15) is 4.79 Å². The molecular formula is C18H18ClNO3S. The number of ether oxygens (including phenoxy) is 2. The highest BCUT2D eigenvalue weighted by atomic mass is 35.5. The van der Waals surface area contributed by atoms with Crippen LogP contribution >= 0.6 is 23.4 Å². The van der Waals surface area contributed by atoms with Gasteiger partial charge < -0.3 is 14.4 Å². The minimum absolute atomic E-state index is 0.0300. The van der Waals surface area contributed by atoms with Gasteiger partial charge >= 0.3 is 0 Å². The molecule has 4 nitrogen and oxygen atoms in total. The second kappa shape index (κ2) is 7.81. The molecule has 0 aromatic heterocycles. The Morgan fingerprint density at radius 1 is 1.21 bits per heavy atom. The second-order valence-electron chi connectivity index (χ2n) is 5.49. The summed E-state index contributed by atoms with van der Waals surface area (Å²) in [7, 11) is 1.78. The maximum atomic E-state index is 12.3. The third kappa shape index (κ3) is 4.16. The predicted octanol–water partition coefficient (Wildman–Crippen LogP) is 3.73. The van der Waals surface area contributed by atoms with Crippen molar-refractivity contribution in [2.24, 2.45) is 0 Å². The summed E-state index contributed by atoms with van der Waals surface area (Å²) >= 11 is 7.55. The van der Waals surface area contributed by atoms with Gasteiger partial charge in [-0.25, -0.2) is 0 Å². The topological polar surface area (TPSA) is 38.8 Å². The third-order valence-corrected chi connectivity index (χ3v) is 5.16. The highest BCUT2D eigenvalue weighted by Gasteiger charge is 2.23. The van der Waals surface area contributed by atoms with E-state index in [0.717, 1.165) is 16.4 Å². The highest BCUT2D eigenvalue weighted by molar-refractivity contribution is 8.00. The van der Waals surface area contributed by atoms with Gasteiger partial charge in [-0.2, -0.15) is 0 Å². The van der Waals surface area contributed by atoms with Crippen molar-refractivity contribution in [3.63, 3.8) is 0 Å². The number of hydrogen-bond acceptors (Lipinski definition) is 4. The van der Waals surface area contributed by atoms with Gasteiger partial charge in [0.15, 0.2) is 17.6 Å². The van der Waals surface area contributed by atoms with Crippen molar-refractivity contribution in [3.8, 4) is 11.5 Å². The molecule has 0 fully saturated rings. The number of benzene rings is 2. The summed E-state index contributed by atoms with van der Waals surface area (Å²) in [4.78, 5) is 14.9. The summed E-state index contributed by atoms with van der Waals surface area (Å²) in [6.07, 6.45) is -0.167. The van der Waals surface area contributed by atoms with E-state index < -0.39 is 0 Å². The maximum Gasteiger partial charge on any atom is 0.232 e. The van der Waals surface area contributed by atoms with Gasteiger partial charge in [-0.05, 0) is 24.3 Å². The number of rotatable bonds is 5. The Morgan fingerprint density at radius 3 is 2.71 bits per heavy atom. The third-order valence-electron chi connectivity index (χ3n) is 3.66. The van der Waals surface area contributed by atoms with Crippen molar-refractivity contribution in [1.82, 2.24) is 4.90 Å². The Morgan fingerprint density at radius 2 is 1.92 bits per heavy atom. The lowest BCUT2D eigenvalue weighted by molar-refractivity contribution is -0.128. The molecule has 0 saturated heterocycles. The Bertz CT molecular complexity index is 725. The first kappa shape index (κ1) is 17.0. The number of thioether (sulfide) groups is 1. The fourth-order valence-corrected chi connectivity index (χ4v) is 3.55. The molecule has 24 heavy (non-hydrogen) atoms. The first-order valence-electron chi connectivity index (χ1n) is 7.63. The minimum atomic E-state index is -0.167. The van der Waals surface area contributed by atoms with E-state index >= 15 is 0 Å². The van der Waals surface area contributed by atoms with E-state index in [1.807, 2.05) is 48.5 Å². The largest absolute Gasteiger partial charge is 0.486 e. The molecule has 6 heteroatoms. The van der Waals surface area contributed by atoms with E-state index in [4.69, 9.17) is 21.1 Å². The predicted molar refractivity (Wildman–Crippen MR) is 96.2 cm³/mol. The van der Waals surface area contributed by atoms with Crippen molar-refractivity contribution in [3.05, 3.63) is 53.6 Å². The van der Waals surface area contributed by atoms with Crippen molar-refractivity contribution < 1.29 is 14.3 Å². The molecule has 0 saturated carbocycles. The molecule has 1 amide bonds. The van der Waals surface area contributed by atoms with Crippen LogP contribution in [0.5, 0.6) is 11.5 Å². The lowest BCUT2D eigenvalue weighted by Crippen LogP contribution is -2.42. The number of para-hydroxylation sites is 2. The van der Waals surface area contributed by atoms with Crippen molar-refractivity contribution in [2.45, 2.75) is 11.0 Å². The molecule has 126 valence electrons. The standard InChI is InChI=1S/C18H18ClNO3S/c1-20(18(21)12-24-17-9-5-2-6-14(17)19)10-13-11-22-15-7-3-4-8-16(15)23-13/h2-9,13H,10-12H2,1H3. The summed E-state index contributed by atoms with van der Waals surface area (Å²) in [6, 6.07) is 15.1. The van der Waals surface area contributed by atoms with Gasteiger partial charge in [-0.15, -0.1) is 11.8 Å². The van der Waals surface area contributed by atoms with E-state index in [1.54, 1.807) is 11.9 Å². The summed E-state index contributed by atoms with van der Waals surface area (Å²) in [5.74, 6) is 1.84. The number of carbonyl (C=O) groups excluding carboxylic acids is 1. The molecule has 3 rings (SSSR count). The smallest absolute Gasteiger partial charge is 0.232 e. The van der Waals surface area contributed by atoms with Crippen molar-refractivity contribution >= 4 is 29.3 Å². The average molecular weight is 364 g/mol. The van der Waals surface area contributed by atoms with Gasteiger partial charge in [0.05, 0.1) is 17.3 Å². The number of hydrogen-bond donors (Lipinski definition) is 0. The molecule has 0 bridgehead atoms. The number of likely N-dealkylation sites (N-methyl/N-ethyl adjacent to an activating group) is 1. The fourth-order valence-electron chi connectivity index (χ4n) is 2.37. The van der Waals surface area contributed by atoms with Gasteiger partial charge in [0.25, 0.3) is 0 Å². The molecule has 0 N–H and O–H groups in total. The average Bonchev–Trinajstić information content (AvgIpc) is 2.60. The number of nitrogens with zero attached hydrogens (tertiary/aromatic N) is 1. The van der Waals surface area contributed by atoms with Gasteiger partial charge in [0.1, 0.15) is 6.61 Å². The van der Waals surface area contributed by atoms with E-state index in [-0.39, 0.29) is 12.0 Å². The monoisotopic (exact) mass is 363 g/mol. The normalized spacial score (nSPS) is 15.8. The molecule has 1 unspecified atom stereocenters. The zero-order valence-corrected chi connectivity index (χ0v) is 14.8. The van der Waals surface area contributed by atoms with Crippen LogP contribution in [0.1, 0.15) is 0 Å². The van der Waals surface area contributed by atoms with Crippen molar-refractivity contribution in [2.75, 3.05) is 26.0 Å². The Kier molecular flexibility index (Phi) is 5.53. The van der Waals surface area contributed by atoms with Gasteiger partial charge in [0.2, 0.25) is 5.91 Å². The first-order valence-corrected chi connectivity index (χ1v) is 8.99. The fraction of sp³-hybridized carbons (Fsp3) is 0.278. The Labute approximate surface area is 150 Å². The maximum absolute atomic E-state index is 12.3. The molecule has 1 aliphatic rings. The number of halogens is 1. The summed E-state index contributed by atoms with van der Waals surface area (Å²) < 4.78 is 11.6. The molecular weight excluding hydrogens is 346 g/mol. The number of amides is 1. The van der Waals surface area contributed by atoms with E-state index in [2.05, 4.69) is 0 Å². The minimum Gasteiger partial charge on any atom is -0.486 e. The molecule has 0 radical (unpaired) electrons. The number of carbonyl (C=O) groups is 1. The van der Waals surface area contributed by atoms with Crippen LogP contribution in [0.3, 0.4) is 0 Å². The van der Waals surface area contributed by atoms with Crippen molar-refractivity contribution in [1.29, 1.82) is 0 Å². The molecule has 1 atom stereocenters. The molecule has 0 spiro atoms. The molecule has 2 aromatic rings. The lowest BCUT2D eigenvalue weighted by Gasteiger charge is -2.29. The first-order chi connectivity index (χ1) is 11.6. The zero-order chi connectivity index (χ0) is 16.9. The quantitative estimate of drug-likeness (QED) is 0.759. The summed E-state index contributed by atoms with van der Waals surface area (Å²) in [5, 5.41) is 0.665. The summed E-state index contributed by atoms with van der Waals surface area (Å²) in [5.41, 5.74) is 0. The van der Waals surface area contributed by atoms with Crippen LogP contribution in [0.2, 0.25) is 5.02 Å². The Balaban J connectivity index is 1.51. The van der Waals surface area contributed by atoms with Gasteiger partial charge in [0, 0.05) is 11.9 Å². The zero-order valence-electron chi connectivity index (χ0n) is 13.3. The summed E-state index contributed by atoms with van der Waals surface area (Å²) in [6.45, 7) is 0.919. The Hall–Kier alpha value is -1.85. The van der Waals surface area contributed by atoms with E-state index in [0.29, 0.717) is 23.9 Å².